The van der Waals surface area contributed by atoms with E-state index >= 15 is 0 Å². The average molecular weight is 687 g/mol. The monoisotopic (exact) mass is 686 g/mol. The van der Waals surface area contributed by atoms with E-state index in [0.29, 0.717) is 0 Å². The predicted molar refractivity (Wildman–Crippen MR) is 228 cm³/mol. The highest BCUT2D eigenvalue weighted by Gasteiger charge is 2.45. The summed E-state index contributed by atoms with van der Waals surface area (Å²) in [5.74, 6) is 0. The minimum absolute atomic E-state index is 0.00279. The van der Waals surface area contributed by atoms with Crippen LogP contribution in [0.15, 0.2) is 127 Å². The van der Waals surface area contributed by atoms with Crippen molar-refractivity contribution in [3.05, 3.63) is 139 Å². The standard InChI is InChI=1S/C48H39BN2S/c1-47(2,3)30-18-21-32(22-19-30)51-40-23-20-31(48(4,5)6)26-36(40)37-27-38-33-14-9-10-17-42(33)52-46(38)45-43(37)49(51)39-16-11-15-34-35-24-28-12-7-8-13-29(28)25-41(35)50(45)44(34)39/h7-27H,1-6H3. The number of hydrogen-bond donors (Lipinski definition) is 0. The van der Waals surface area contributed by atoms with Crippen molar-refractivity contribution in [2.24, 2.45) is 0 Å². The number of nitrogens with zero attached hydrogens (tertiary/aromatic N) is 2. The van der Waals surface area contributed by atoms with E-state index in [1.807, 2.05) is 11.3 Å². The molecule has 9 aromatic rings. The molecule has 2 nitrogen and oxygen atoms in total. The fourth-order valence-corrected chi connectivity index (χ4v) is 10.4. The van der Waals surface area contributed by atoms with Gasteiger partial charge >= 0.3 is 6.85 Å². The number of rotatable bonds is 1. The maximum atomic E-state index is 2.66. The molecule has 0 bridgehead atoms. The van der Waals surface area contributed by atoms with E-state index in [4.69, 9.17) is 0 Å². The topological polar surface area (TPSA) is 8.17 Å². The van der Waals surface area contributed by atoms with Crippen molar-refractivity contribution in [3.8, 4) is 16.8 Å². The zero-order chi connectivity index (χ0) is 35.3. The van der Waals surface area contributed by atoms with E-state index in [9.17, 15) is 0 Å². The van der Waals surface area contributed by atoms with Crippen LogP contribution >= 0.6 is 11.3 Å². The lowest BCUT2D eigenvalue weighted by Gasteiger charge is -2.43. The molecule has 0 spiro atoms. The van der Waals surface area contributed by atoms with Crippen molar-refractivity contribution in [3.63, 3.8) is 0 Å². The van der Waals surface area contributed by atoms with Crippen LogP contribution in [-0.2, 0) is 10.8 Å². The number of benzene rings is 7. The van der Waals surface area contributed by atoms with E-state index in [1.54, 1.807) is 0 Å². The number of thiophene rings is 1. The van der Waals surface area contributed by atoms with Crippen molar-refractivity contribution >= 4 is 93.2 Å². The second kappa shape index (κ2) is 10.2. The molecule has 7 aromatic carbocycles. The Balaban J connectivity index is 1.35. The highest BCUT2D eigenvalue weighted by molar-refractivity contribution is 7.26. The average Bonchev–Trinajstić information content (AvgIpc) is 3.67. The Bertz CT molecular complexity index is 2990. The third-order valence-corrected chi connectivity index (χ3v) is 13.0. The number of aromatic nitrogens is 1. The molecule has 0 fully saturated rings. The van der Waals surface area contributed by atoms with Crippen molar-refractivity contribution in [2.75, 3.05) is 4.81 Å². The molecule has 4 heteroatoms. The van der Waals surface area contributed by atoms with E-state index in [2.05, 4.69) is 178 Å². The molecule has 250 valence electrons. The number of para-hydroxylation sites is 1. The molecule has 2 aromatic heterocycles. The first kappa shape index (κ1) is 30.3. The normalized spacial score (nSPS) is 13.9. The fraction of sp³-hybridized carbons (Fsp3) is 0.167. The van der Waals surface area contributed by atoms with Gasteiger partial charge in [-0.25, -0.2) is 0 Å². The fourth-order valence-electron chi connectivity index (χ4n) is 9.21. The van der Waals surface area contributed by atoms with E-state index in [-0.39, 0.29) is 17.7 Å². The molecule has 52 heavy (non-hydrogen) atoms. The molecule has 2 aliphatic rings. The molecular formula is C48H39BN2S. The van der Waals surface area contributed by atoms with Crippen LogP contribution in [0.25, 0.3) is 69.6 Å². The van der Waals surface area contributed by atoms with Crippen molar-refractivity contribution in [2.45, 2.75) is 52.4 Å². The molecule has 0 atom stereocenters. The molecule has 0 saturated heterocycles. The van der Waals surface area contributed by atoms with Crippen molar-refractivity contribution in [1.29, 1.82) is 0 Å². The first-order chi connectivity index (χ1) is 25.1. The van der Waals surface area contributed by atoms with Gasteiger partial charge in [-0.2, -0.15) is 0 Å². The summed E-state index contributed by atoms with van der Waals surface area (Å²) < 4.78 is 5.35. The SMILES string of the molecule is CC(C)(C)c1ccc(N2B3c4c(cc5c(sc6ccccc65)c4-n4c5cc6ccccc6cc5c5cccc3c54)-c3cc(C(C)(C)C)ccc32)cc1. The van der Waals surface area contributed by atoms with Crippen molar-refractivity contribution < 1.29 is 0 Å². The first-order valence-electron chi connectivity index (χ1n) is 18.6. The summed E-state index contributed by atoms with van der Waals surface area (Å²) in [5, 5.41) is 7.87. The van der Waals surface area contributed by atoms with Gasteiger partial charge in [-0.05, 0) is 97.7 Å². The van der Waals surface area contributed by atoms with Gasteiger partial charge in [0, 0.05) is 43.2 Å². The lowest BCUT2D eigenvalue weighted by molar-refractivity contribution is 0.590. The van der Waals surface area contributed by atoms with Gasteiger partial charge in [0.1, 0.15) is 0 Å². The number of fused-ring (bicyclic) bond motifs is 12. The van der Waals surface area contributed by atoms with Gasteiger partial charge in [0.15, 0.2) is 0 Å². The molecule has 11 rings (SSSR count). The van der Waals surface area contributed by atoms with Gasteiger partial charge in [0.05, 0.1) is 21.4 Å². The highest BCUT2D eigenvalue weighted by Crippen LogP contribution is 2.50. The van der Waals surface area contributed by atoms with Crippen LogP contribution in [0.3, 0.4) is 0 Å². The smallest absolute Gasteiger partial charge is 0.333 e. The number of hydrogen-bond acceptors (Lipinski definition) is 2. The van der Waals surface area contributed by atoms with Crippen LogP contribution in [0.5, 0.6) is 0 Å². The zero-order valence-corrected chi connectivity index (χ0v) is 31.3. The minimum atomic E-state index is 0.00279. The minimum Gasteiger partial charge on any atom is -0.376 e. The van der Waals surface area contributed by atoms with Gasteiger partial charge in [-0.3, -0.25) is 0 Å². The Kier molecular flexibility index (Phi) is 5.93. The molecule has 0 amide bonds. The van der Waals surface area contributed by atoms with Crippen LogP contribution in [0.1, 0.15) is 52.7 Å². The van der Waals surface area contributed by atoms with E-state index in [1.165, 1.54) is 103 Å². The third-order valence-electron chi connectivity index (χ3n) is 11.8. The Morgan fingerprint density at radius 3 is 2.02 bits per heavy atom. The van der Waals surface area contributed by atoms with Crippen LogP contribution in [0.4, 0.5) is 11.4 Å². The second-order valence-electron chi connectivity index (χ2n) is 17.0. The Morgan fingerprint density at radius 2 is 1.25 bits per heavy atom. The van der Waals surface area contributed by atoms with Gasteiger partial charge in [0.2, 0.25) is 0 Å². The molecule has 0 radical (unpaired) electrons. The summed E-state index contributed by atoms with van der Waals surface area (Å²) in [5.41, 5.74) is 14.7. The molecule has 0 N–H and O–H groups in total. The molecule has 0 unspecified atom stereocenters. The maximum absolute atomic E-state index is 2.66. The largest absolute Gasteiger partial charge is 0.376 e. The molecular weight excluding hydrogens is 647 g/mol. The Labute approximate surface area is 309 Å². The lowest BCUT2D eigenvalue weighted by Crippen LogP contribution is -2.60. The van der Waals surface area contributed by atoms with Crippen LogP contribution in [0.2, 0.25) is 0 Å². The zero-order valence-electron chi connectivity index (χ0n) is 30.5. The van der Waals surface area contributed by atoms with Gasteiger partial charge < -0.3 is 9.38 Å². The van der Waals surface area contributed by atoms with Crippen LogP contribution in [0, 0.1) is 0 Å². The molecule has 4 heterocycles. The van der Waals surface area contributed by atoms with Gasteiger partial charge in [-0.1, -0.05) is 120 Å². The Hall–Kier alpha value is -5.32. The lowest BCUT2D eigenvalue weighted by atomic mass is 9.44. The molecule has 2 aliphatic heterocycles. The first-order valence-corrected chi connectivity index (χ1v) is 19.4. The van der Waals surface area contributed by atoms with Crippen molar-refractivity contribution in [1.82, 2.24) is 4.57 Å². The Morgan fingerprint density at radius 1 is 0.558 bits per heavy atom. The maximum Gasteiger partial charge on any atom is 0.333 e. The van der Waals surface area contributed by atoms with Crippen LogP contribution < -0.4 is 15.7 Å². The molecule has 0 saturated carbocycles. The van der Waals surface area contributed by atoms with Crippen LogP contribution in [-0.4, -0.2) is 11.4 Å². The van der Waals surface area contributed by atoms with Gasteiger partial charge in [0.25, 0.3) is 0 Å². The summed E-state index contributed by atoms with van der Waals surface area (Å²) in [4.78, 5) is 2.66. The quantitative estimate of drug-likeness (QED) is 0.156. The summed E-state index contributed by atoms with van der Waals surface area (Å²) in [6.07, 6.45) is 0. The predicted octanol–water partition coefficient (Wildman–Crippen LogP) is 12.1. The molecule has 0 aliphatic carbocycles. The second-order valence-corrected chi connectivity index (χ2v) is 18.1. The number of anilines is 2. The summed E-state index contributed by atoms with van der Waals surface area (Å²) >= 11 is 1.95. The van der Waals surface area contributed by atoms with E-state index < -0.39 is 0 Å². The highest BCUT2D eigenvalue weighted by atomic mass is 32.1. The summed E-state index contributed by atoms with van der Waals surface area (Å²) in [7, 11) is 0. The van der Waals surface area contributed by atoms with E-state index in [0.717, 1.165) is 0 Å². The summed E-state index contributed by atoms with van der Waals surface area (Å²) in [6.45, 7) is 13.9. The van der Waals surface area contributed by atoms with Gasteiger partial charge in [-0.15, -0.1) is 11.3 Å². The third kappa shape index (κ3) is 4.02. The summed E-state index contributed by atoms with van der Waals surface area (Å²) in [6, 6.07) is 48.9.